The van der Waals surface area contributed by atoms with E-state index in [1.807, 2.05) is 44.2 Å². The zero-order chi connectivity index (χ0) is 33.3. The molecule has 0 aromatic heterocycles. The van der Waals surface area contributed by atoms with E-state index >= 15 is 0 Å². The minimum absolute atomic E-state index is 0.0359. The maximum Gasteiger partial charge on any atom is 0.331 e. The van der Waals surface area contributed by atoms with Gasteiger partial charge in [-0.3, -0.25) is 19.2 Å². The Hall–Kier alpha value is -4.05. The first-order valence-electron chi connectivity index (χ1n) is 15.1. The molecule has 10 heteroatoms. The first-order valence-corrected chi connectivity index (χ1v) is 15.1. The number of esters is 4. The lowest BCUT2D eigenvalue weighted by molar-refractivity contribution is -0.169. The summed E-state index contributed by atoms with van der Waals surface area (Å²) >= 11 is 0. The molecule has 1 fully saturated rings. The molecule has 0 saturated heterocycles. The van der Waals surface area contributed by atoms with E-state index in [0.29, 0.717) is 16.7 Å². The number of carbonyl (C=O) groups excluding carboxylic acids is 5. The third kappa shape index (κ3) is 7.11. The topological polar surface area (TPSA) is 143 Å². The van der Waals surface area contributed by atoms with Crippen molar-refractivity contribution in [3.63, 3.8) is 0 Å². The fourth-order valence-electron chi connectivity index (χ4n) is 7.19. The monoisotopic (exact) mass is 622 g/mol. The van der Waals surface area contributed by atoms with Gasteiger partial charge in [0.1, 0.15) is 30.5 Å². The van der Waals surface area contributed by atoms with Crippen LogP contribution in [0.4, 0.5) is 0 Å². The van der Waals surface area contributed by atoms with Gasteiger partial charge in [-0.2, -0.15) is 0 Å². The van der Waals surface area contributed by atoms with Crippen LogP contribution in [0.3, 0.4) is 0 Å². The van der Waals surface area contributed by atoms with Crippen LogP contribution in [0.1, 0.15) is 73.3 Å². The second-order valence-corrected chi connectivity index (χ2v) is 12.9. The number of hydrogen-bond donors (Lipinski definition) is 1. The maximum absolute atomic E-state index is 14.4. The number of Topliss-reactive ketones (excluding diaryl/α,β-unsaturated/α-hetero) is 1. The van der Waals surface area contributed by atoms with Gasteiger partial charge in [0.05, 0.1) is 5.41 Å². The fraction of sp³-hybridized carbons (Fsp3) is 0.514. The average Bonchev–Trinajstić information content (AvgIpc) is 2.94. The van der Waals surface area contributed by atoms with Crippen molar-refractivity contribution >= 4 is 35.7 Å². The summed E-state index contributed by atoms with van der Waals surface area (Å²) < 4.78 is 23.1. The molecule has 0 radical (unpaired) electrons. The number of hydrogen-bond acceptors (Lipinski definition) is 10. The third-order valence-electron chi connectivity index (χ3n) is 9.37. The normalized spacial score (nSPS) is 31.0. The van der Waals surface area contributed by atoms with Crippen LogP contribution in [0.2, 0.25) is 0 Å². The Bertz CT molecular complexity index is 1450. The van der Waals surface area contributed by atoms with Crippen molar-refractivity contribution in [1.82, 2.24) is 0 Å². The highest BCUT2D eigenvalue weighted by molar-refractivity contribution is 5.93. The average molecular weight is 623 g/mol. The summed E-state index contributed by atoms with van der Waals surface area (Å²) in [6, 6.07) is 9.19. The van der Waals surface area contributed by atoms with Crippen molar-refractivity contribution in [2.45, 2.75) is 98.2 Å². The summed E-state index contributed by atoms with van der Waals surface area (Å²) in [6.45, 7) is 10.8. The van der Waals surface area contributed by atoms with Crippen LogP contribution in [0.15, 0.2) is 59.2 Å². The zero-order valence-electron chi connectivity index (χ0n) is 26.8. The highest BCUT2D eigenvalue weighted by atomic mass is 16.6. The number of rotatable bonds is 6. The molecule has 3 aliphatic carbocycles. The van der Waals surface area contributed by atoms with Crippen molar-refractivity contribution in [3.8, 4) is 0 Å². The summed E-state index contributed by atoms with van der Waals surface area (Å²) in [7, 11) is 0. The van der Waals surface area contributed by atoms with Crippen molar-refractivity contribution in [2.75, 3.05) is 0 Å². The third-order valence-corrected chi connectivity index (χ3v) is 9.37. The summed E-state index contributed by atoms with van der Waals surface area (Å²) in [6.07, 6.45) is -0.553. The van der Waals surface area contributed by atoms with E-state index in [1.54, 1.807) is 26.0 Å². The lowest BCUT2D eigenvalue weighted by Crippen LogP contribution is -2.56. The van der Waals surface area contributed by atoms with Crippen molar-refractivity contribution in [1.29, 1.82) is 0 Å². The molecule has 1 saturated carbocycles. The van der Waals surface area contributed by atoms with E-state index < -0.39 is 76.9 Å². The molecule has 7 atom stereocenters. The fourth-order valence-corrected chi connectivity index (χ4v) is 7.19. The minimum Gasteiger partial charge on any atom is -0.461 e. The Balaban J connectivity index is 1.88. The van der Waals surface area contributed by atoms with Crippen LogP contribution < -0.4 is 0 Å². The lowest BCUT2D eigenvalue weighted by Gasteiger charge is -2.51. The summed E-state index contributed by atoms with van der Waals surface area (Å²) in [4.78, 5) is 64.3. The molecule has 0 amide bonds. The van der Waals surface area contributed by atoms with Crippen molar-refractivity contribution in [3.05, 3.63) is 64.8 Å². The van der Waals surface area contributed by atoms with Gasteiger partial charge in [-0.25, -0.2) is 4.79 Å². The highest BCUT2D eigenvalue weighted by Gasteiger charge is 2.57. The quantitative estimate of drug-likeness (QED) is 0.209. The molecule has 45 heavy (non-hydrogen) atoms. The minimum atomic E-state index is -1.64. The Morgan fingerprint density at radius 3 is 2.09 bits per heavy atom. The predicted molar refractivity (Wildman–Crippen MR) is 163 cm³/mol. The van der Waals surface area contributed by atoms with Crippen LogP contribution in [0.5, 0.6) is 0 Å². The van der Waals surface area contributed by atoms with Gasteiger partial charge in [0.2, 0.25) is 0 Å². The number of benzene rings is 1. The van der Waals surface area contributed by atoms with Gasteiger partial charge in [-0.15, -0.1) is 0 Å². The molecular weight excluding hydrogens is 580 g/mol. The van der Waals surface area contributed by atoms with Gasteiger partial charge in [0.25, 0.3) is 0 Å². The number of ketones is 1. The SMILES string of the molecule is CC(=O)O[C@H]1C[C@H]2[C@@H](OC(C)=O)C=C3C[C@@](C)(C(=O)[C@H](O)C(=C1C)C2(C)C)[C@@H](OC(C)=O)C[C@@H]3OC(=O)C=Cc1ccccc1. The van der Waals surface area contributed by atoms with Crippen LogP contribution >= 0.6 is 0 Å². The molecule has 1 N–H and O–H groups in total. The van der Waals surface area contributed by atoms with E-state index in [-0.39, 0.29) is 19.3 Å². The van der Waals surface area contributed by atoms with Gasteiger partial charge >= 0.3 is 23.9 Å². The van der Waals surface area contributed by atoms with E-state index in [9.17, 15) is 29.1 Å². The van der Waals surface area contributed by atoms with Crippen molar-refractivity contribution < 1.29 is 48.0 Å². The van der Waals surface area contributed by atoms with Crippen LogP contribution in [-0.2, 0) is 42.9 Å². The molecule has 3 aliphatic rings. The summed E-state index contributed by atoms with van der Waals surface area (Å²) in [5, 5.41) is 11.8. The Labute approximate surface area is 263 Å². The molecule has 4 bridgehead atoms. The molecular formula is C35H42O10. The molecule has 0 heterocycles. The largest absolute Gasteiger partial charge is 0.461 e. The first-order chi connectivity index (χ1) is 21.0. The van der Waals surface area contributed by atoms with Crippen LogP contribution in [0.25, 0.3) is 6.08 Å². The van der Waals surface area contributed by atoms with Crippen LogP contribution in [-0.4, -0.2) is 65.3 Å². The van der Waals surface area contributed by atoms with Crippen LogP contribution in [0, 0.1) is 16.7 Å². The Morgan fingerprint density at radius 2 is 1.49 bits per heavy atom. The maximum atomic E-state index is 14.4. The number of fused-ring (bicyclic) bond motifs is 4. The lowest BCUT2D eigenvalue weighted by atomic mass is 9.57. The van der Waals surface area contributed by atoms with Gasteiger partial charge < -0.3 is 24.1 Å². The molecule has 10 nitrogen and oxygen atoms in total. The smallest absolute Gasteiger partial charge is 0.331 e. The van der Waals surface area contributed by atoms with Gasteiger partial charge in [0.15, 0.2) is 5.78 Å². The Morgan fingerprint density at radius 1 is 0.867 bits per heavy atom. The molecule has 242 valence electrons. The Kier molecular flexibility index (Phi) is 9.87. The van der Waals surface area contributed by atoms with E-state index in [2.05, 4.69) is 0 Å². The molecule has 1 aromatic rings. The van der Waals surface area contributed by atoms with E-state index in [4.69, 9.17) is 18.9 Å². The number of aliphatic hydroxyl groups is 1. The van der Waals surface area contributed by atoms with E-state index in [0.717, 1.165) is 5.56 Å². The summed E-state index contributed by atoms with van der Waals surface area (Å²) in [5.74, 6) is -3.51. The molecule has 0 spiro atoms. The first kappa shape index (κ1) is 33.8. The molecule has 0 aliphatic heterocycles. The number of carbonyl (C=O) groups is 5. The standard InChI is InChI=1S/C35H42O10/c1-19-26(42-20(2)36)16-25-28(43-21(3)37)15-24-18-35(7,33(41)32(40)31(19)34(25,5)6)29(44-22(4)38)17-27(24)45-30(39)14-13-23-11-9-8-10-12-23/h8-15,25-29,32,40H,16-18H2,1-7H3/t25-,26-,27-,28-,29-,32+,35+/m0/s1. The highest BCUT2D eigenvalue weighted by Crippen LogP contribution is 2.53. The zero-order valence-corrected chi connectivity index (χ0v) is 26.8. The molecule has 0 unspecified atom stereocenters. The predicted octanol–water partition coefficient (Wildman–Crippen LogP) is 4.44. The number of ether oxygens (including phenoxy) is 4. The van der Waals surface area contributed by atoms with E-state index in [1.165, 1.54) is 26.8 Å². The van der Waals surface area contributed by atoms with Crippen molar-refractivity contribution in [2.24, 2.45) is 16.7 Å². The van der Waals surface area contributed by atoms with Gasteiger partial charge in [0, 0.05) is 39.2 Å². The van der Waals surface area contributed by atoms with Gasteiger partial charge in [-0.05, 0) is 66.5 Å². The van der Waals surface area contributed by atoms with Gasteiger partial charge in [-0.1, -0.05) is 44.2 Å². The second kappa shape index (κ2) is 13.1. The molecule has 4 rings (SSSR count). The number of aliphatic hydroxyl groups excluding tert-OH is 1. The summed E-state index contributed by atoms with van der Waals surface area (Å²) in [5.41, 5.74) is -0.173. The second-order valence-electron chi connectivity index (χ2n) is 12.9. The molecule has 1 aromatic carbocycles.